The highest BCUT2D eigenvalue weighted by Crippen LogP contribution is 2.31. The Bertz CT molecular complexity index is 1090. The summed E-state index contributed by atoms with van der Waals surface area (Å²) in [7, 11) is 0. The highest BCUT2D eigenvalue weighted by atomic mass is 19.4. The average molecular weight is 464 g/mol. The fourth-order valence-electron chi connectivity index (χ4n) is 4.00. The van der Waals surface area contributed by atoms with Gasteiger partial charge in [-0.05, 0) is 59.0 Å². The van der Waals surface area contributed by atoms with Crippen LogP contribution in [0.1, 0.15) is 33.4 Å². The van der Waals surface area contributed by atoms with Crippen LogP contribution in [0, 0.1) is 0 Å². The maximum atomic E-state index is 12.8. The minimum Gasteiger partial charge on any atom is -0.381 e. The number of halogens is 6. The van der Waals surface area contributed by atoms with Crippen LogP contribution in [0.3, 0.4) is 0 Å². The zero-order valence-electron chi connectivity index (χ0n) is 17.6. The summed E-state index contributed by atoms with van der Waals surface area (Å²) in [5, 5.41) is 3.32. The number of hydrogen-bond donors (Lipinski definition) is 1. The quantitative estimate of drug-likeness (QED) is 0.414. The third-order valence-corrected chi connectivity index (χ3v) is 5.80. The molecule has 1 aliphatic rings. The molecule has 33 heavy (non-hydrogen) atoms. The van der Waals surface area contributed by atoms with Gasteiger partial charge < -0.3 is 5.32 Å². The first-order valence-electron chi connectivity index (χ1n) is 10.5. The molecule has 0 fully saturated rings. The van der Waals surface area contributed by atoms with Crippen molar-refractivity contribution >= 4 is 5.69 Å². The van der Waals surface area contributed by atoms with Gasteiger partial charge in [0.15, 0.2) is 0 Å². The van der Waals surface area contributed by atoms with Crippen LogP contribution in [0.4, 0.5) is 32.0 Å². The molecule has 3 aromatic carbocycles. The Morgan fingerprint density at radius 1 is 0.727 bits per heavy atom. The standard InChI is InChI=1S/C25H22F6N2/c26-24(27,28)20-8-4-17(5-9-20)14-32-23-3-1-2-19-12-13-33(16-22(19)23)15-18-6-10-21(11-7-18)25(29,30)31/h1-11,32H,12-16H2. The van der Waals surface area contributed by atoms with E-state index in [-0.39, 0.29) is 0 Å². The van der Waals surface area contributed by atoms with E-state index >= 15 is 0 Å². The Hall–Kier alpha value is -3.00. The van der Waals surface area contributed by atoms with Gasteiger partial charge in [-0.2, -0.15) is 26.3 Å². The predicted octanol–water partition coefficient (Wildman–Crippen LogP) is 6.89. The van der Waals surface area contributed by atoms with Gasteiger partial charge in [-0.1, -0.05) is 36.4 Å². The number of alkyl halides is 6. The molecular weight excluding hydrogens is 442 g/mol. The average Bonchev–Trinajstić information content (AvgIpc) is 2.77. The summed E-state index contributed by atoms with van der Waals surface area (Å²) >= 11 is 0. The molecule has 8 heteroatoms. The predicted molar refractivity (Wildman–Crippen MR) is 114 cm³/mol. The molecule has 0 radical (unpaired) electrons. The number of nitrogens with zero attached hydrogens (tertiary/aromatic N) is 1. The fraction of sp³-hybridized carbons (Fsp3) is 0.280. The van der Waals surface area contributed by atoms with E-state index < -0.39 is 23.5 Å². The molecule has 0 bridgehead atoms. The first kappa shape index (κ1) is 23.2. The number of hydrogen-bond acceptors (Lipinski definition) is 2. The summed E-state index contributed by atoms with van der Waals surface area (Å²) < 4.78 is 76.6. The van der Waals surface area contributed by atoms with Crippen molar-refractivity contribution in [2.75, 3.05) is 11.9 Å². The minimum atomic E-state index is -4.36. The van der Waals surface area contributed by atoms with Crippen molar-refractivity contribution in [3.8, 4) is 0 Å². The van der Waals surface area contributed by atoms with Crippen LogP contribution in [0.25, 0.3) is 0 Å². The first-order chi connectivity index (χ1) is 15.6. The molecule has 0 saturated carbocycles. The molecule has 0 atom stereocenters. The van der Waals surface area contributed by atoms with E-state index in [4.69, 9.17) is 0 Å². The van der Waals surface area contributed by atoms with Crippen molar-refractivity contribution < 1.29 is 26.3 Å². The number of rotatable bonds is 5. The molecule has 1 aliphatic heterocycles. The summed E-state index contributed by atoms with van der Waals surface area (Å²) in [5.41, 5.74) is 3.40. The van der Waals surface area contributed by atoms with E-state index in [9.17, 15) is 26.3 Å². The van der Waals surface area contributed by atoms with Gasteiger partial charge in [0.25, 0.3) is 0 Å². The topological polar surface area (TPSA) is 15.3 Å². The summed E-state index contributed by atoms with van der Waals surface area (Å²) in [6.07, 6.45) is -7.90. The molecule has 3 aromatic rings. The van der Waals surface area contributed by atoms with Crippen molar-refractivity contribution in [2.24, 2.45) is 0 Å². The minimum absolute atomic E-state index is 0.382. The summed E-state index contributed by atoms with van der Waals surface area (Å²) in [4.78, 5) is 2.17. The maximum absolute atomic E-state index is 12.8. The Labute approximate surface area is 187 Å². The van der Waals surface area contributed by atoms with Gasteiger partial charge in [0.05, 0.1) is 11.1 Å². The van der Waals surface area contributed by atoms with E-state index in [1.165, 1.54) is 29.8 Å². The van der Waals surface area contributed by atoms with E-state index in [2.05, 4.69) is 10.2 Å². The fourth-order valence-corrected chi connectivity index (χ4v) is 4.00. The Kier molecular flexibility index (Phi) is 6.38. The van der Waals surface area contributed by atoms with Gasteiger partial charge in [0.1, 0.15) is 0 Å². The lowest BCUT2D eigenvalue weighted by molar-refractivity contribution is -0.138. The van der Waals surface area contributed by atoms with Crippen molar-refractivity contribution in [3.05, 3.63) is 100 Å². The molecule has 0 spiro atoms. The maximum Gasteiger partial charge on any atom is 0.416 e. The molecule has 0 aromatic heterocycles. The van der Waals surface area contributed by atoms with Crippen LogP contribution in [0.5, 0.6) is 0 Å². The lowest BCUT2D eigenvalue weighted by Gasteiger charge is -2.30. The molecule has 0 amide bonds. The van der Waals surface area contributed by atoms with Crippen molar-refractivity contribution in [1.29, 1.82) is 0 Å². The second-order valence-corrected chi connectivity index (χ2v) is 8.15. The monoisotopic (exact) mass is 464 g/mol. The number of benzene rings is 3. The highest BCUT2D eigenvalue weighted by molar-refractivity contribution is 5.56. The molecule has 4 rings (SSSR count). The normalized spacial score (nSPS) is 14.7. The van der Waals surface area contributed by atoms with Gasteiger partial charge in [0, 0.05) is 31.9 Å². The number of nitrogens with one attached hydrogen (secondary N) is 1. The zero-order chi connectivity index (χ0) is 23.6. The smallest absolute Gasteiger partial charge is 0.381 e. The van der Waals surface area contributed by atoms with E-state index in [0.29, 0.717) is 19.6 Å². The molecule has 0 saturated heterocycles. The van der Waals surface area contributed by atoms with Gasteiger partial charge in [-0.25, -0.2) is 0 Å². The number of fused-ring (bicyclic) bond motifs is 1. The van der Waals surface area contributed by atoms with Crippen LogP contribution in [-0.4, -0.2) is 11.4 Å². The number of anilines is 1. The largest absolute Gasteiger partial charge is 0.416 e. The zero-order valence-corrected chi connectivity index (χ0v) is 17.6. The second kappa shape index (κ2) is 9.09. The van der Waals surface area contributed by atoms with Crippen LogP contribution in [0.15, 0.2) is 66.7 Å². The van der Waals surface area contributed by atoms with Gasteiger partial charge >= 0.3 is 12.4 Å². The second-order valence-electron chi connectivity index (χ2n) is 8.15. The molecular formula is C25H22F6N2. The third-order valence-electron chi connectivity index (χ3n) is 5.80. The highest BCUT2D eigenvalue weighted by Gasteiger charge is 2.30. The van der Waals surface area contributed by atoms with Crippen LogP contribution in [0.2, 0.25) is 0 Å². The summed E-state index contributed by atoms with van der Waals surface area (Å²) in [6, 6.07) is 16.2. The first-order valence-corrected chi connectivity index (χ1v) is 10.5. The van der Waals surface area contributed by atoms with Crippen LogP contribution in [-0.2, 0) is 38.4 Å². The van der Waals surface area contributed by atoms with Crippen molar-refractivity contribution in [3.63, 3.8) is 0 Å². The Morgan fingerprint density at radius 3 is 1.88 bits per heavy atom. The SMILES string of the molecule is FC(F)(F)c1ccc(CNc2cccc3c2CN(Cc2ccc(C(F)(F)F)cc2)CC3)cc1. The van der Waals surface area contributed by atoms with E-state index in [1.807, 2.05) is 18.2 Å². The van der Waals surface area contributed by atoms with Gasteiger partial charge in [0.2, 0.25) is 0 Å². The lowest BCUT2D eigenvalue weighted by Crippen LogP contribution is -2.30. The molecule has 1 heterocycles. The van der Waals surface area contributed by atoms with Crippen LogP contribution >= 0.6 is 0 Å². The molecule has 174 valence electrons. The van der Waals surface area contributed by atoms with E-state index in [0.717, 1.165) is 59.6 Å². The summed E-state index contributed by atoms with van der Waals surface area (Å²) in [5.74, 6) is 0. The molecule has 1 N–H and O–H groups in total. The summed E-state index contributed by atoms with van der Waals surface area (Å²) in [6.45, 7) is 2.33. The lowest BCUT2D eigenvalue weighted by atomic mass is 9.97. The van der Waals surface area contributed by atoms with E-state index in [1.54, 1.807) is 0 Å². The van der Waals surface area contributed by atoms with Crippen molar-refractivity contribution in [1.82, 2.24) is 4.90 Å². The third kappa shape index (κ3) is 5.68. The Balaban J connectivity index is 1.42. The van der Waals surface area contributed by atoms with Gasteiger partial charge in [-0.15, -0.1) is 0 Å². The van der Waals surface area contributed by atoms with Crippen LogP contribution < -0.4 is 5.32 Å². The van der Waals surface area contributed by atoms with Gasteiger partial charge in [-0.3, -0.25) is 4.90 Å². The molecule has 0 aliphatic carbocycles. The molecule has 0 unspecified atom stereocenters. The molecule has 2 nitrogen and oxygen atoms in total. The Morgan fingerprint density at radius 2 is 1.30 bits per heavy atom. The van der Waals surface area contributed by atoms with Crippen molar-refractivity contribution in [2.45, 2.75) is 38.4 Å².